The third-order valence-corrected chi connectivity index (χ3v) is 5.28. The summed E-state index contributed by atoms with van der Waals surface area (Å²) in [6, 6.07) is 0. The fraction of sp³-hybridized carbons (Fsp3) is 1.00. The second-order valence-corrected chi connectivity index (χ2v) is 7.14. The van der Waals surface area contributed by atoms with Crippen molar-refractivity contribution in [3.8, 4) is 0 Å². The molecule has 0 radical (unpaired) electrons. The molecule has 0 bridgehead atoms. The van der Waals surface area contributed by atoms with Gasteiger partial charge in [-0.25, -0.2) is 0 Å². The maximum absolute atomic E-state index is 6.12. The Morgan fingerprint density at radius 2 is 1.79 bits per heavy atom. The molecule has 0 amide bonds. The highest BCUT2D eigenvalue weighted by Crippen LogP contribution is 2.38. The fourth-order valence-corrected chi connectivity index (χ4v) is 3.81. The quantitative estimate of drug-likeness (QED) is 0.832. The molecule has 3 nitrogen and oxygen atoms in total. The van der Waals surface area contributed by atoms with Gasteiger partial charge in [-0.2, -0.15) is 0 Å². The van der Waals surface area contributed by atoms with Gasteiger partial charge < -0.3 is 15.4 Å². The van der Waals surface area contributed by atoms with E-state index in [1.165, 1.54) is 51.6 Å². The van der Waals surface area contributed by atoms with E-state index in [4.69, 9.17) is 10.5 Å². The van der Waals surface area contributed by atoms with Crippen LogP contribution in [0.3, 0.4) is 0 Å². The first kappa shape index (κ1) is 15.3. The molecule has 2 rings (SSSR count). The molecular weight excluding hydrogens is 236 g/mol. The lowest BCUT2D eigenvalue weighted by molar-refractivity contribution is 0.0437. The largest absolute Gasteiger partial charge is 0.381 e. The van der Waals surface area contributed by atoms with Crippen molar-refractivity contribution >= 4 is 0 Å². The smallest absolute Gasteiger partial charge is 0.0469 e. The maximum Gasteiger partial charge on any atom is 0.0469 e. The van der Waals surface area contributed by atoms with Gasteiger partial charge in [0, 0.05) is 26.3 Å². The topological polar surface area (TPSA) is 38.5 Å². The van der Waals surface area contributed by atoms with Crippen molar-refractivity contribution < 1.29 is 4.74 Å². The number of rotatable bonds is 5. The van der Waals surface area contributed by atoms with Crippen molar-refractivity contribution in [2.75, 3.05) is 39.9 Å². The van der Waals surface area contributed by atoms with E-state index in [1.807, 2.05) is 0 Å². The third-order valence-electron chi connectivity index (χ3n) is 5.28. The molecule has 2 N–H and O–H groups in total. The highest BCUT2D eigenvalue weighted by molar-refractivity contribution is 4.88. The summed E-state index contributed by atoms with van der Waals surface area (Å²) in [5.41, 5.74) is 6.51. The zero-order valence-corrected chi connectivity index (χ0v) is 12.9. The molecule has 0 spiro atoms. The SMILES string of the molecule is CC1CCC(CN)(CN(C)CC2CCOCC2)CC1. The molecule has 0 aromatic heterocycles. The number of hydrogen-bond acceptors (Lipinski definition) is 3. The molecule has 0 atom stereocenters. The van der Waals surface area contributed by atoms with Gasteiger partial charge in [0.2, 0.25) is 0 Å². The van der Waals surface area contributed by atoms with Gasteiger partial charge in [0.05, 0.1) is 0 Å². The summed E-state index contributed by atoms with van der Waals surface area (Å²) in [6.45, 7) is 7.56. The minimum absolute atomic E-state index is 0.395. The summed E-state index contributed by atoms with van der Waals surface area (Å²) >= 11 is 0. The normalized spacial score (nSPS) is 33.8. The molecule has 1 heterocycles. The molecule has 19 heavy (non-hydrogen) atoms. The molecule has 112 valence electrons. The van der Waals surface area contributed by atoms with Gasteiger partial charge in [-0.05, 0) is 56.5 Å². The first-order valence-electron chi connectivity index (χ1n) is 8.10. The Hall–Kier alpha value is -0.120. The Bertz CT molecular complexity index is 255. The van der Waals surface area contributed by atoms with E-state index in [9.17, 15) is 0 Å². The maximum atomic E-state index is 6.12. The molecule has 0 aromatic rings. The van der Waals surface area contributed by atoms with Gasteiger partial charge in [-0.3, -0.25) is 0 Å². The zero-order chi connectivity index (χ0) is 13.7. The van der Waals surface area contributed by atoms with Crippen molar-refractivity contribution in [2.24, 2.45) is 23.0 Å². The van der Waals surface area contributed by atoms with Crippen LogP contribution >= 0.6 is 0 Å². The van der Waals surface area contributed by atoms with E-state index >= 15 is 0 Å². The van der Waals surface area contributed by atoms with Crippen LogP contribution in [0.5, 0.6) is 0 Å². The molecule has 2 aliphatic rings. The number of nitrogens with zero attached hydrogens (tertiary/aromatic N) is 1. The van der Waals surface area contributed by atoms with Gasteiger partial charge in [-0.15, -0.1) is 0 Å². The molecule has 0 aromatic carbocycles. The zero-order valence-electron chi connectivity index (χ0n) is 12.9. The first-order chi connectivity index (χ1) is 9.13. The van der Waals surface area contributed by atoms with Crippen LogP contribution in [-0.4, -0.2) is 44.8 Å². The van der Waals surface area contributed by atoms with Crippen LogP contribution < -0.4 is 5.73 Å². The predicted molar refractivity (Wildman–Crippen MR) is 80.2 cm³/mol. The lowest BCUT2D eigenvalue weighted by Crippen LogP contribution is -2.45. The highest BCUT2D eigenvalue weighted by atomic mass is 16.5. The standard InChI is InChI=1S/C16H32N2O/c1-14-3-7-16(12-17,8-4-14)13-18(2)11-15-5-9-19-10-6-15/h14-15H,3-13,17H2,1-2H3. The number of ether oxygens (including phenoxy) is 1. The van der Waals surface area contributed by atoms with Crippen molar-refractivity contribution in [2.45, 2.75) is 45.4 Å². The Morgan fingerprint density at radius 3 is 2.37 bits per heavy atom. The Kier molecular flexibility index (Phi) is 5.67. The fourth-order valence-electron chi connectivity index (χ4n) is 3.81. The van der Waals surface area contributed by atoms with E-state index in [0.29, 0.717) is 5.41 Å². The molecule has 3 heteroatoms. The lowest BCUT2D eigenvalue weighted by atomic mass is 9.70. The van der Waals surface area contributed by atoms with E-state index in [0.717, 1.165) is 31.6 Å². The van der Waals surface area contributed by atoms with Crippen LogP contribution in [0.15, 0.2) is 0 Å². The molecule has 1 aliphatic heterocycles. The van der Waals surface area contributed by atoms with E-state index in [2.05, 4.69) is 18.9 Å². The Morgan fingerprint density at radius 1 is 1.16 bits per heavy atom. The Labute approximate surface area is 118 Å². The average Bonchev–Trinajstić information content (AvgIpc) is 2.43. The summed E-state index contributed by atoms with van der Waals surface area (Å²) in [5.74, 6) is 1.73. The van der Waals surface area contributed by atoms with Gasteiger partial charge in [0.25, 0.3) is 0 Å². The minimum Gasteiger partial charge on any atom is -0.381 e. The van der Waals surface area contributed by atoms with Crippen LogP contribution in [-0.2, 0) is 4.74 Å². The monoisotopic (exact) mass is 268 g/mol. The van der Waals surface area contributed by atoms with Gasteiger partial charge in [-0.1, -0.05) is 19.8 Å². The van der Waals surface area contributed by atoms with Crippen LogP contribution in [0.2, 0.25) is 0 Å². The van der Waals surface area contributed by atoms with E-state index < -0.39 is 0 Å². The van der Waals surface area contributed by atoms with E-state index in [-0.39, 0.29) is 0 Å². The van der Waals surface area contributed by atoms with Crippen molar-refractivity contribution in [1.29, 1.82) is 0 Å². The molecule has 0 unspecified atom stereocenters. The van der Waals surface area contributed by atoms with Gasteiger partial charge in [0.1, 0.15) is 0 Å². The number of hydrogen-bond donors (Lipinski definition) is 1. The summed E-state index contributed by atoms with van der Waals surface area (Å²) in [5, 5.41) is 0. The summed E-state index contributed by atoms with van der Waals surface area (Å²) in [7, 11) is 2.28. The molecule has 1 saturated heterocycles. The molecule has 1 saturated carbocycles. The third kappa shape index (κ3) is 4.44. The van der Waals surface area contributed by atoms with Crippen LogP contribution in [0.1, 0.15) is 45.4 Å². The van der Waals surface area contributed by atoms with Gasteiger partial charge >= 0.3 is 0 Å². The van der Waals surface area contributed by atoms with Crippen LogP contribution in [0, 0.1) is 17.3 Å². The minimum atomic E-state index is 0.395. The Balaban J connectivity index is 1.80. The lowest BCUT2D eigenvalue weighted by Gasteiger charge is -2.42. The van der Waals surface area contributed by atoms with Gasteiger partial charge in [0.15, 0.2) is 0 Å². The molecule has 2 fully saturated rings. The molecular formula is C16H32N2O. The van der Waals surface area contributed by atoms with Crippen molar-refractivity contribution in [1.82, 2.24) is 4.90 Å². The summed E-state index contributed by atoms with van der Waals surface area (Å²) < 4.78 is 5.45. The first-order valence-corrected chi connectivity index (χ1v) is 8.10. The van der Waals surface area contributed by atoms with Crippen LogP contribution in [0.25, 0.3) is 0 Å². The summed E-state index contributed by atoms with van der Waals surface area (Å²) in [6.07, 6.45) is 7.84. The summed E-state index contributed by atoms with van der Waals surface area (Å²) in [4.78, 5) is 2.54. The molecule has 1 aliphatic carbocycles. The highest BCUT2D eigenvalue weighted by Gasteiger charge is 2.34. The van der Waals surface area contributed by atoms with Crippen LogP contribution in [0.4, 0.5) is 0 Å². The number of nitrogens with two attached hydrogens (primary N) is 1. The van der Waals surface area contributed by atoms with Crippen molar-refractivity contribution in [3.63, 3.8) is 0 Å². The average molecular weight is 268 g/mol. The second kappa shape index (κ2) is 7.05. The van der Waals surface area contributed by atoms with E-state index in [1.54, 1.807) is 0 Å². The predicted octanol–water partition coefficient (Wildman–Crippen LogP) is 2.50. The van der Waals surface area contributed by atoms with Crippen molar-refractivity contribution in [3.05, 3.63) is 0 Å². The second-order valence-electron chi connectivity index (χ2n) is 7.14.